The van der Waals surface area contributed by atoms with Crippen LogP contribution >= 0.6 is 0 Å². The molecular weight excluding hydrogens is 246 g/mol. The van der Waals surface area contributed by atoms with E-state index in [-0.39, 0.29) is 16.7 Å². The van der Waals surface area contributed by atoms with Crippen LogP contribution < -0.4 is 5.73 Å². The van der Waals surface area contributed by atoms with Crippen molar-refractivity contribution in [3.8, 4) is 0 Å². The van der Waals surface area contributed by atoms with Gasteiger partial charge in [-0.25, -0.2) is 0 Å². The third kappa shape index (κ3) is 1.23. The fraction of sp³-hybridized carbons (Fsp3) is 0.500. The van der Waals surface area contributed by atoms with Gasteiger partial charge in [-0.3, -0.25) is 10.5 Å². The van der Waals surface area contributed by atoms with E-state index in [4.69, 9.17) is 5.73 Å². The summed E-state index contributed by atoms with van der Waals surface area (Å²) in [4.78, 5) is 12.0. The Hall–Kier alpha value is -1.57. The van der Waals surface area contributed by atoms with Crippen LogP contribution in [0.2, 0.25) is 0 Å². The molecule has 3 aliphatic carbocycles. The third-order valence-electron chi connectivity index (χ3n) is 6.11. The molecule has 1 amide bonds. The molecule has 1 aromatic carbocycles. The normalized spacial score (nSPS) is 34.1. The highest BCUT2D eigenvalue weighted by atomic mass is 16.1. The van der Waals surface area contributed by atoms with Crippen molar-refractivity contribution in [1.82, 2.24) is 5.73 Å². The molecule has 1 radical (unpaired) electrons. The minimum Gasteiger partial charge on any atom is -0.273 e. The smallest absolute Gasteiger partial charge is 0.245 e. The molecule has 20 heavy (non-hydrogen) atoms. The van der Waals surface area contributed by atoms with Crippen molar-refractivity contribution in [2.45, 2.75) is 50.9 Å². The van der Waals surface area contributed by atoms with Gasteiger partial charge in [0.05, 0.1) is 5.41 Å². The van der Waals surface area contributed by atoms with Gasteiger partial charge in [0.1, 0.15) is 0 Å². The Labute approximate surface area is 120 Å². The minimum atomic E-state index is -0.369. The number of carbonyl (C=O) groups is 1. The predicted octanol–water partition coefficient (Wildman–Crippen LogP) is 3.66. The average Bonchev–Trinajstić information content (AvgIpc) is 2.88. The first-order chi connectivity index (χ1) is 9.59. The number of benzene rings is 1. The number of rotatable bonds is 2. The minimum absolute atomic E-state index is 0.0295. The predicted molar refractivity (Wildman–Crippen MR) is 79.1 cm³/mol. The lowest BCUT2D eigenvalue weighted by Crippen LogP contribution is -2.56. The Morgan fingerprint density at radius 2 is 2.05 bits per heavy atom. The summed E-state index contributed by atoms with van der Waals surface area (Å²) in [5, 5.41) is 0. The molecule has 2 fully saturated rings. The summed E-state index contributed by atoms with van der Waals surface area (Å²) < 4.78 is 0. The van der Waals surface area contributed by atoms with E-state index in [0.29, 0.717) is 0 Å². The van der Waals surface area contributed by atoms with E-state index in [9.17, 15) is 4.79 Å². The maximum Gasteiger partial charge on any atom is 0.245 e. The quantitative estimate of drug-likeness (QED) is 0.805. The number of amides is 1. The molecule has 0 aromatic heterocycles. The van der Waals surface area contributed by atoms with Crippen LogP contribution in [0.5, 0.6) is 0 Å². The third-order valence-corrected chi connectivity index (χ3v) is 6.11. The zero-order valence-electron chi connectivity index (χ0n) is 12.0. The molecule has 3 aliphatic rings. The summed E-state index contributed by atoms with van der Waals surface area (Å²) in [6.07, 6.45) is 8.44. The largest absolute Gasteiger partial charge is 0.273 e. The van der Waals surface area contributed by atoms with Crippen LogP contribution in [-0.4, -0.2) is 5.91 Å². The molecule has 0 aliphatic heterocycles. The lowest BCUT2D eigenvalue weighted by Gasteiger charge is -2.54. The molecule has 2 unspecified atom stereocenters. The van der Waals surface area contributed by atoms with Crippen molar-refractivity contribution in [3.05, 3.63) is 40.5 Å². The molecule has 0 heterocycles. The number of allylic oxidation sites excluding steroid dienone is 1. The number of carbonyl (C=O) groups excluding carboxylic acids is 1. The van der Waals surface area contributed by atoms with E-state index < -0.39 is 0 Å². The van der Waals surface area contributed by atoms with Gasteiger partial charge in [0.15, 0.2) is 0 Å². The summed E-state index contributed by atoms with van der Waals surface area (Å²) >= 11 is 0. The number of hydrogen-bond donors (Lipinski definition) is 0. The Kier molecular flexibility index (Phi) is 2.28. The lowest BCUT2D eigenvalue weighted by atomic mass is 9.47. The van der Waals surface area contributed by atoms with Gasteiger partial charge in [-0.2, -0.15) is 0 Å². The summed E-state index contributed by atoms with van der Waals surface area (Å²) in [5.74, 6) is -0.322. The maximum atomic E-state index is 12.0. The second kappa shape index (κ2) is 3.75. The van der Waals surface area contributed by atoms with Gasteiger partial charge in [-0.05, 0) is 55.7 Å². The van der Waals surface area contributed by atoms with Gasteiger partial charge in [0, 0.05) is 5.41 Å². The highest BCUT2D eigenvalue weighted by Crippen LogP contribution is 2.68. The first-order valence-electron chi connectivity index (χ1n) is 7.65. The Bertz CT molecular complexity index is 645. The zero-order chi connectivity index (χ0) is 14.0. The molecule has 2 atom stereocenters. The molecule has 103 valence electrons. The summed E-state index contributed by atoms with van der Waals surface area (Å²) in [5.41, 5.74) is 12.9. The Balaban J connectivity index is 1.91. The van der Waals surface area contributed by atoms with E-state index in [1.165, 1.54) is 22.3 Å². The van der Waals surface area contributed by atoms with Crippen LogP contribution in [0, 0.1) is 5.41 Å². The summed E-state index contributed by atoms with van der Waals surface area (Å²) in [6.45, 7) is 2.18. The maximum absolute atomic E-state index is 12.0. The van der Waals surface area contributed by atoms with Crippen molar-refractivity contribution < 1.29 is 4.79 Å². The van der Waals surface area contributed by atoms with Crippen molar-refractivity contribution >= 4 is 12.0 Å². The average molecular weight is 266 g/mol. The van der Waals surface area contributed by atoms with Crippen molar-refractivity contribution in [3.63, 3.8) is 0 Å². The van der Waals surface area contributed by atoms with Gasteiger partial charge >= 0.3 is 0 Å². The molecular formula is C18H20NO. The lowest BCUT2D eigenvalue weighted by molar-refractivity contribution is -0.139. The standard InChI is InChI=1S/C18H20NO/c1-12-10-13-4-2-5-15(14(13)11-12)17-6-3-7-18(17,9-8-17)16(19)20/h2,4-5,11,19H,3,6-10H2,1H3. The van der Waals surface area contributed by atoms with Gasteiger partial charge in [0.25, 0.3) is 0 Å². The first-order valence-corrected chi connectivity index (χ1v) is 7.65. The van der Waals surface area contributed by atoms with Crippen molar-refractivity contribution in [1.29, 1.82) is 0 Å². The molecule has 0 bridgehead atoms. The molecule has 2 nitrogen and oxygen atoms in total. The number of hydrogen-bond acceptors (Lipinski definition) is 1. The zero-order valence-corrected chi connectivity index (χ0v) is 12.0. The van der Waals surface area contributed by atoms with Gasteiger partial charge in [-0.15, -0.1) is 0 Å². The van der Waals surface area contributed by atoms with Crippen LogP contribution in [0.1, 0.15) is 55.7 Å². The molecule has 1 N–H and O–H groups in total. The molecule has 0 saturated heterocycles. The molecule has 2 saturated carbocycles. The fourth-order valence-electron chi connectivity index (χ4n) is 5.07. The van der Waals surface area contributed by atoms with E-state index in [1.807, 2.05) is 0 Å². The van der Waals surface area contributed by atoms with E-state index in [1.54, 1.807) is 0 Å². The van der Waals surface area contributed by atoms with Crippen LogP contribution in [0.15, 0.2) is 23.8 Å². The van der Waals surface area contributed by atoms with E-state index in [2.05, 4.69) is 31.2 Å². The SMILES string of the molecule is CC1=Cc2c(cccc2C23CCCC2(C([NH])=O)CC3)C1. The second-order valence-electron chi connectivity index (χ2n) is 6.89. The first kappa shape index (κ1) is 12.2. The van der Waals surface area contributed by atoms with Gasteiger partial charge in [-0.1, -0.05) is 36.3 Å². The summed E-state index contributed by atoms with van der Waals surface area (Å²) in [7, 11) is 0. The fourth-order valence-corrected chi connectivity index (χ4v) is 5.07. The van der Waals surface area contributed by atoms with E-state index >= 15 is 0 Å². The van der Waals surface area contributed by atoms with Gasteiger partial charge < -0.3 is 0 Å². The van der Waals surface area contributed by atoms with E-state index in [0.717, 1.165) is 38.5 Å². The number of nitrogens with one attached hydrogen (secondary N) is 1. The second-order valence-corrected chi connectivity index (χ2v) is 6.89. The molecule has 0 spiro atoms. The molecule has 2 heteroatoms. The van der Waals surface area contributed by atoms with Crippen LogP contribution in [-0.2, 0) is 16.6 Å². The Morgan fingerprint density at radius 1 is 1.20 bits per heavy atom. The summed E-state index contributed by atoms with van der Waals surface area (Å²) in [6, 6.07) is 6.57. The highest BCUT2D eigenvalue weighted by molar-refractivity contribution is 5.85. The van der Waals surface area contributed by atoms with Gasteiger partial charge in [0.2, 0.25) is 5.91 Å². The Morgan fingerprint density at radius 3 is 2.75 bits per heavy atom. The number of fused-ring (bicyclic) bond motifs is 2. The monoisotopic (exact) mass is 266 g/mol. The molecule has 1 aromatic rings. The molecule has 4 rings (SSSR count). The van der Waals surface area contributed by atoms with Crippen LogP contribution in [0.25, 0.3) is 6.08 Å². The topological polar surface area (TPSA) is 40.9 Å². The highest BCUT2D eigenvalue weighted by Gasteiger charge is 2.66. The van der Waals surface area contributed by atoms with Crippen LogP contribution in [0.3, 0.4) is 0 Å². The van der Waals surface area contributed by atoms with Crippen LogP contribution in [0.4, 0.5) is 0 Å². The van der Waals surface area contributed by atoms with Crippen molar-refractivity contribution in [2.24, 2.45) is 5.41 Å². The van der Waals surface area contributed by atoms with Crippen molar-refractivity contribution in [2.75, 3.05) is 0 Å².